The summed E-state index contributed by atoms with van der Waals surface area (Å²) in [4.78, 5) is 0. The Morgan fingerprint density at radius 3 is 2.82 bits per heavy atom. The summed E-state index contributed by atoms with van der Waals surface area (Å²) in [6.45, 7) is 2.12. The molecule has 1 aliphatic carbocycles. The van der Waals surface area contributed by atoms with Crippen molar-refractivity contribution in [3.8, 4) is 0 Å². The van der Waals surface area contributed by atoms with Crippen LogP contribution in [0.15, 0.2) is 35.6 Å². The van der Waals surface area contributed by atoms with Gasteiger partial charge in [-0.15, -0.1) is 0 Å². The summed E-state index contributed by atoms with van der Waals surface area (Å²) in [5, 5.41) is 8.84. The van der Waals surface area contributed by atoms with Gasteiger partial charge in [0.1, 0.15) is 0 Å². The van der Waals surface area contributed by atoms with Crippen LogP contribution in [0.4, 0.5) is 0 Å². The molecule has 0 heterocycles. The molecular formula is C9H13NO. The Labute approximate surface area is 66.7 Å². The fraction of sp³-hybridized carbons (Fsp3) is 0.333. The lowest BCUT2D eigenvalue weighted by atomic mass is 10.1. The third kappa shape index (κ3) is 2.24. The highest BCUT2D eigenvalue weighted by Crippen LogP contribution is 2.11. The van der Waals surface area contributed by atoms with Crippen molar-refractivity contribution < 1.29 is 5.11 Å². The summed E-state index contributed by atoms with van der Waals surface area (Å²) in [5.41, 5.74) is 7.29. The van der Waals surface area contributed by atoms with Crippen molar-refractivity contribution in [1.82, 2.24) is 0 Å². The molecule has 1 rings (SSSR count). The first-order chi connectivity index (χ1) is 5.22. The number of allylic oxidation sites excluding steroid dienone is 3. The lowest BCUT2D eigenvalue weighted by Crippen LogP contribution is -1.94. The van der Waals surface area contributed by atoms with Gasteiger partial charge in [-0.2, -0.15) is 0 Å². The number of aliphatic hydroxyl groups is 1. The van der Waals surface area contributed by atoms with Crippen molar-refractivity contribution in [1.29, 1.82) is 0 Å². The van der Waals surface area contributed by atoms with E-state index in [1.54, 1.807) is 0 Å². The monoisotopic (exact) mass is 151 g/mol. The molecule has 0 bridgehead atoms. The Balaban J connectivity index is 2.83. The molecule has 2 heteroatoms. The Kier molecular flexibility index (Phi) is 2.49. The van der Waals surface area contributed by atoms with E-state index in [1.807, 2.05) is 31.2 Å². The number of hydrogen-bond acceptors (Lipinski definition) is 2. The van der Waals surface area contributed by atoms with Crippen LogP contribution in [-0.2, 0) is 0 Å². The van der Waals surface area contributed by atoms with E-state index in [4.69, 9.17) is 10.8 Å². The molecule has 3 N–H and O–H groups in total. The predicted molar refractivity (Wildman–Crippen MR) is 45.7 cm³/mol. The maximum absolute atomic E-state index is 8.84. The van der Waals surface area contributed by atoms with Crippen molar-refractivity contribution in [3.05, 3.63) is 35.6 Å². The zero-order valence-corrected chi connectivity index (χ0v) is 6.62. The van der Waals surface area contributed by atoms with Crippen molar-refractivity contribution in [3.63, 3.8) is 0 Å². The Hall–Kier alpha value is -1.02. The molecule has 0 aromatic rings. The first-order valence-electron chi connectivity index (χ1n) is 3.69. The summed E-state index contributed by atoms with van der Waals surface area (Å²) in [6.07, 6.45) is 7.61. The molecule has 0 aromatic heterocycles. The predicted octanol–water partition coefficient (Wildman–Crippen LogP) is 0.954. The molecule has 1 aliphatic rings. The SMILES string of the molecule is CC1C=C(N)C=CC(CO)=C1. The number of aliphatic hydroxyl groups excluding tert-OH is 1. The van der Waals surface area contributed by atoms with E-state index in [0.717, 1.165) is 11.3 Å². The number of hydrogen-bond donors (Lipinski definition) is 2. The molecule has 1 atom stereocenters. The van der Waals surface area contributed by atoms with Gasteiger partial charge in [0.25, 0.3) is 0 Å². The van der Waals surface area contributed by atoms with Crippen molar-refractivity contribution >= 4 is 0 Å². The van der Waals surface area contributed by atoms with Gasteiger partial charge in [0.2, 0.25) is 0 Å². The third-order valence-electron chi connectivity index (χ3n) is 1.60. The van der Waals surface area contributed by atoms with Gasteiger partial charge in [0, 0.05) is 5.70 Å². The van der Waals surface area contributed by atoms with Crippen LogP contribution in [0.25, 0.3) is 0 Å². The maximum atomic E-state index is 8.84. The highest BCUT2D eigenvalue weighted by atomic mass is 16.3. The lowest BCUT2D eigenvalue weighted by Gasteiger charge is -1.98. The molecule has 60 valence electrons. The van der Waals surface area contributed by atoms with Gasteiger partial charge in [-0.3, -0.25) is 0 Å². The first kappa shape index (κ1) is 8.08. The summed E-state index contributed by atoms with van der Waals surface area (Å²) in [7, 11) is 0. The minimum atomic E-state index is 0.0853. The fourth-order valence-corrected chi connectivity index (χ4v) is 1.11. The minimum absolute atomic E-state index is 0.0853. The molecule has 1 unspecified atom stereocenters. The molecule has 0 saturated carbocycles. The highest BCUT2D eigenvalue weighted by Gasteiger charge is 2.00. The lowest BCUT2D eigenvalue weighted by molar-refractivity contribution is 0.334. The van der Waals surface area contributed by atoms with E-state index in [-0.39, 0.29) is 6.61 Å². The summed E-state index contributed by atoms with van der Waals surface area (Å²) in [5.74, 6) is 0.312. The Bertz CT molecular complexity index is 226. The second kappa shape index (κ2) is 3.39. The van der Waals surface area contributed by atoms with E-state index in [1.165, 1.54) is 0 Å². The van der Waals surface area contributed by atoms with Gasteiger partial charge < -0.3 is 10.8 Å². The number of nitrogens with two attached hydrogens (primary N) is 1. The van der Waals surface area contributed by atoms with Crippen LogP contribution in [0.3, 0.4) is 0 Å². The smallest absolute Gasteiger partial charge is 0.0679 e. The zero-order chi connectivity index (χ0) is 8.27. The van der Waals surface area contributed by atoms with E-state index < -0.39 is 0 Å². The molecule has 0 saturated heterocycles. The average Bonchev–Trinajstić information content (AvgIpc) is 2.11. The van der Waals surface area contributed by atoms with Crippen LogP contribution < -0.4 is 5.73 Å². The van der Waals surface area contributed by atoms with E-state index in [9.17, 15) is 0 Å². The molecule has 0 spiro atoms. The molecule has 2 nitrogen and oxygen atoms in total. The zero-order valence-electron chi connectivity index (χ0n) is 6.62. The summed E-state index contributed by atoms with van der Waals surface area (Å²) < 4.78 is 0. The van der Waals surface area contributed by atoms with Gasteiger partial charge in [-0.25, -0.2) is 0 Å². The Morgan fingerprint density at radius 1 is 1.45 bits per heavy atom. The van der Waals surface area contributed by atoms with E-state index in [0.29, 0.717) is 5.92 Å². The van der Waals surface area contributed by atoms with Gasteiger partial charge in [-0.05, 0) is 17.6 Å². The molecule has 11 heavy (non-hydrogen) atoms. The standard InChI is InChI=1S/C9H13NO/c1-7-4-8(6-11)2-3-9(10)5-7/h2-5,7,11H,6,10H2,1H3. The third-order valence-corrected chi connectivity index (χ3v) is 1.60. The Morgan fingerprint density at radius 2 is 2.18 bits per heavy atom. The van der Waals surface area contributed by atoms with Crippen molar-refractivity contribution in [2.24, 2.45) is 11.7 Å². The maximum Gasteiger partial charge on any atom is 0.0679 e. The first-order valence-corrected chi connectivity index (χ1v) is 3.69. The van der Waals surface area contributed by atoms with Gasteiger partial charge in [0.05, 0.1) is 6.61 Å². The molecule has 0 amide bonds. The van der Waals surface area contributed by atoms with E-state index >= 15 is 0 Å². The molecule has 0 aromatic carbocycles. The summed E-state index contributed by atoms with van der Waals surface area (Å²) >= 11 is 0. The van der Waals surface area contributed by atoms with Gasteiger partial charge >= 0.3 is 0 Å². The van der Waals surface area contributed by atoms with E-state index in [2.05, 4.69) is 0 Å². The van der Waals surface area contributed by atoms with Crippen molar-refractivity contribution in [2.75, 3.05) is 6.61 Å². The van der Waals surface area contributed by atoms with Crippen LogP contribution >= 0.6 is 0 Å². The van der Waals surface area contributed by atoms with Gasteiger partial charge in [0.15, 0.2) is 0 Å². The topological polar surface area (TPSA) is 46.2 Å². The number of rotatable bonds is 1. The molecule has 0 radical (unpaired) electrons. The largest absolute Gasteiger partial charge is 0.399 e. The van der Waals surface area contributed by atoms with Crippen LogP contribution in [0.1, 0.15) is 6.92 Å². The molecular weight excluding hydrogens is 138 g/mol. The normalized spacial score (nSPS) is 24.0. The molecule has 0 fully saturated rings. The summed E-state index contributed by atoms with van der Waals surface area (Å²) in [6, 6.07) is 0. The van der Waals surface area contributed by atoms with Gasteiger partial charge in [-0.1, -0.05) is 25.2 Å². The van der Waals surface area contributed by atoms with Crippen LogP contribution in [0.2, 0.25) is 0 Å². The highest BCUT2D eigenvalue weighted by molar-refractivity contribution is 5.32. The second-order valence-electron chi connectivity index (χ2n) is 2.76. The van der Waals surface area contributed by atoms with Crippen LogP contribution in [-0.4, -0.2) is 11.7 Å². The quantitative estimate of drug-likeness (QED) is 0.586. The minimum Gasteiger partial charge on any atom is -0.399 e. The van der Waals surface area contributed by atoms with Crippen molar-refractivity contribution in [2.45, 2.75) is 6.92 Å². The van der Waals surface area contributed by atoms with Crippen LogP contribution in [0, 0.1) is 5.92 Å². The second-order valence-corrected chi connectivity index (χ2v) is 2.76. The fourth-order valence-electron chi connectivity index (χ4n) is 1.11. The average molecular weight is 151 g/mol. The molecule has 0 aliphatic heterocycles. The van der Waals surface area contributed by atoms with Crippen LogP contribution in [0.5, 0.6) is 0 Å².